The van der Waals surface area contributed by atoms with Gasteiger partial charge < -0.3 is 15.4 Å². The van der Waals surface area contributed by atoms with Gasteiger partial charge in [-0.25, -0.2) is 18.1 Å². The van der Waals surface area contributed by atoms with E-state index in [-0.39, 0.29) is 18.8 Å². The summed E-state index contributed by atoms with van der Waals surface area (Å²) in [4.78, 5) is 4.57. The molecule has 0 aliphatic carbocycles. The zero-order chi connectivity index (χ0) is 21.8. The highest BCUT2D eigenvalue weighted by molar-refractivity contribution is 7.89. The highest BCUT2D eigenvalue weighted by Crippen LogP contribution is 2.21. The second kappa shape index (κ2) is 12.2. The van der Waals surface area contributed by atoms with Gasteiger partial charge in [-0.05, 0) is 38.0 Å². The zero-order valence-corrected chi connectivity index (χ0v) is 18.8. The lowest BCUT2D eigenvalue weighted by Gasteiger charge is -2.13. The van der Waals surface area contributed by atoms with Crippen molar-refractivity contribution in [3.63, 3.8) is 0 Å². The molecule has 8 heteroatoms. The number of sulfonamides is 1. The topological polar surface area (TPSA) is 91.8 Å². The highest BCUT2D eigenvalue weighted by Gasteiger charge is 2.10. The van der Waals surface area contributed by atoms with Crippen LogP contribution in [0.15, 0.2) is 53.5 Å². The van der Waals surface area contributed by atoms with Crippen molar-refractivity contribution in [2.75, 3.05) is 25.4 Å². The minimum Gasteiger partial charge on any atom is -0.494 e. The third-order valence-electron chi connectivity index (χ3n) is 4.28. The number of ether oxygens (including phenoxy) is 1. The van der Waals surface area contributed by atoms with E-state index < -0.39 is 10.0 Å². The van der Waals surface area contributed by atoms with Gasteiger partial charge in [0.25, 0.3) is 0 Å². The average Bonchev–Trinajstić information content (AvgIpc) is 2.72. The molecule has 0 aliphatic rings. The van der Waals surface area contributed by atoms with Gasteiger partial charge in [-0.15, -0.1) is 0 Å². The number of aliphatic imine (C=N–C) groups is 1. The van der Waals surface area contributed by atoms with Crippen LogP contribution in [0.25, 0.3) is 0 Å². The first-order chi connectivity index (χ1) is 14.4. The molecule has 2 aromatic rings. The molecule has 0 amide bonds. The van der Waals surface area contributed by atoms with Crippen molar-refractivity contribution < 1.29 is 13.2 Å². The van der Waals surface area contributed by atoms with Crippen molar-refractivity contribution in [3.8, 4) is 5.75 Å². The Kier molecular flexibility index (Phi) is 9.63. The molecule has 3 N–H and O–H groups in total. The van der Waals surface area contributed by atoms with Gasteiger partial charge in [0.05, 0.1) is 18.9 Å². The predicted octanol–water partition coefficient (Wildman–Crippen LogP) is 2.57. The summed E-state index contributed by atoms with van der Waals surface area (Å²) >= 11 is 0. The number of benzene rings is 2. The number of aryl methyl sites for hydroxylation is 1. The summed E-state index contributed by atoms with van der Waals surface area (Å²) in [5.74, 6) is 1.35. The third-order valence-corrected chi connectivity index (χ3v) is 5.60. The van der Waals surface area contributed by atoms with E-state index in [1.54, 1.807) is 0 Å². The van der Waals surface area contributed by atoms with Crippen molar-refractivity contribution in [3.05, 3.63) is 65.2 Å². The molecular formula is C22H32N4O3S. The molecule has 0 bridgehead atoms. The van der Waals surface area contributed by atoms with Gasteiger partial charge in [0.2, 0.25) is 10.0 Å². The van der Waals surface area contributed by atoms with Gasteiger partial charge >= 0.3 is 0 Å². The standard InChI is InChI=1S/C22H32N4O3S/c1-4-23-22(25-17-20-12-11-18(3)15-21(20)29-5-2)24-13-14-30(27,28)26-16-19-9-7-6-8-10-19/h6-12,15,26H,4-5,13-14,16-17H2,1-3H3,(H2,23,24,25). The molecule has 0 saturated heterocycles. The Morgan fingerprint density at radius 2 is 1.83 bits per heavy atom. The van der Waals surface area contributed by atoms with Crippen LogP contribution in [0, 0.1) is 6.92 Å². The quantitative estimate of drug-likeness (QED) is 0.375. The van der Waals surface area contributed by atoms with E-state index in [9.17, 15) is 8.42 Å². The smallest absolute Gasteiger partial charge is 0.213 e. The van der Waals surface area contributed by atoms with Crippen molar-refractivity contribution in [1.29, 1.82) is 0 Å². The fourth-order valence-electron chi connectivity index (χ4n) is 2.75. The van der Waals surface area contributed by atoms with E-state index >= 15 is 0 Å². The van der Waals surface area contributed by atoms with Crippen LogP contribution < -0.4 is 20.1 Å². The number of nitrogens with one attached hydrogen (secondary N) is 3. The molecule has 2 rings (SSSR count). The van der Waals surface area contributed by atoms with Crippen LogP contribution in [0.1, 0.15) is 30.5 Å². The summed E-state index contributed by atoms with van der Waals surface area (Å²) in [6.07, 6.45) is 0. The van der Waals surface area contributed by atoms with Crippen LogP contribution in [0.4, 0.5) is 0 Å². The Bertz CT molecular complexity index is 915. The summed E-state index contributed by atoms with van der Waals surface area (Å²) in [5.41, 5.74) is 3.04. The fraction of sp³-hybridized carbons (Fsp3) is 0.409. The fourth-order valence-corrected chi connectivity index (χ4v) is 3.66. The van der Waals surface area contributed by atoms with Crippen LogP contribution in [0.3, 0.4) is 0 Å². The van der Waals surface area contributed by atoms with Crippen molar-refractivity contribution in [1.82, 2.24) is 15.4 Å². The second-order valence-electron chi connectivity index (χ2n) is 6.79. The number of rotatable bonds is 11. The maximum atomic E-state index is 12.2. The summed E-state index contributed by atoms with van der Waals surface area (Å²) in [5, 5.41) is 6.23. The van der Waals surface area contributed by atoms with Crippen molar-refractivity contribution in [2.45, 2.75) is 33.9 Å². The molecule has 0 saturated carbocycles. The molecule has 164 valence electrons. The van der Waals surface area contributed by atoms with E-state index in [4.69, 9.17) is 4.74 Å². The normalized spacial score (nSPS) is 11.9. The first-order valence-electron chi connectivity index (χ1n) is 10.2. The Labute approximate surface area is 180 Å². The summed E-state index contributed by atoms with van der Waals surface area (Å²) in [6, 6.07) is 15.5. The lowest BCUT2D eigenvalue weighted by atomic mass is 10.1. The maximum absolute atomic E-state index is 12.2. The van der Waals surface area contributed by atoms with Gasteiger partial charge in [0.1, 0.15) is 5.75 Å². The molecule has 2 aromatic carbocycles. The predicted molar refractivity (Wildman–Crippen MR) is 122 cm³/mol. The molecule has 0 radical (unpaired) electrons. The van der Waals surface area contributed by atoms with Crippen LogP contribution in [-0.4, -0.2) is 39.8 Å². The van der Waals surface area contributed by atoms with E-state index in [1.165, 1.54) is 0 Å². The molecule has 0 heterocycles. The monoisotopic (exact) mass is 432 g/mol. The lowest BCUT2D eigenvalue weighted by Crippen LogP contribution is -2.41. The number of guanidine groups is 1. The average molecular weight is 433 g/mol. The second-order valence-corrected chi connectivity index (χ2v) is 8.72. The van der Waals surface area contributed by atoms with Gasteiger partial charge in [-0.2, -0.15) is 0 Å². The Morgan fingerprint density at radius 1 is 1.07 bits per heavy atom. The molecule has 7 nitrogen and oxygen atoms in total. The minimum atomic E-state index is -3.39. The molecule has 0 aliphatic heterocycles. The molecule has 0 atom stereocenters. The van der Waals surface area contributed by atoms with E-state index in [1.807, 2.05) is 69.3 Å². The number of nitrogens with zero attached hydrogens (tertiary/aromatic N) is 1. The largest absolute Gasteiger partial charge is 0.494 e. The zero-order valence-electron chi connectivity index (χ0n) is 17.9. The Morgan fingerprint density at radius 3 is 2.53 bits per heavy atom. The van der Waals surface area contributed by atoms with Gasteiger partial charge in [-0.3, -0.25) is 0 Å². The van der Waals surface area contributed by atoms with Gasteiger partial charge in [-0.1, -0.05) is 42.5 Å². The Balaban J connectivity index is 1.90. The van der Waals surface area contributed by atoms with E-state index in [0.717, 1.165) is 22.4 Å². The van der Waals surface area contributed by atoms with Crippen molar-refractivity contribution in [2.24, 2.45) is 4.99 Å². The van der Waals surface area contributed by atoms with Crippen molar-refractivity contribution >= 4 is 16.0 Å². The van der Waals surface area contributed by atoms with Crippen LogP contribution in [0.5, 0.6) is 5.75 Å². The number of hydrogen-bond acceptors (Lipinski definition) is 4. The highest BCUT2D eigenvalue weighted by atomic mass is 32.2. The third kappa shape index (κ3) is 8.42. The summed E-state index contributed by atoms with van der Waals surface area (Å²) in [6.45, 7) is 8.17. The molecule has 30 heavy (non-hydrogen) atoms. The lowest BCUT2D eigenvalue weighted by molar-refractivity contribution is 0.336. The molecule has 0 fully saturated rings. The first kappa shape index (κ1) is 23.7. The Hall–Kier alpha value is -2.58. The maximum Gasteiger partial charge on any atom is 0.213 e. The van der Waals surface area contributed by atoms with E-state index in [2.05, 4.69) is 20.3 Å². The molecular weight excluding hydrogens is 400 g/mol. The minimum absolute atomic E-state index is 0.0427. The number of hydrogen-bond donors (Lipinski definition) is 3. The summed E-state index contributed by atoms with van der Waals surface area (Å²) in [7, 11) is -3.39. The molecule has 0 spiro atoms. The summed E-state index contributed by atoms with van der Waals surface area (Å²) < 4.78 is 32.8. The molecule has 0 aromatic heterocycles. The van der Waals surface area contributed by atoms with Gasteiger partial charge in [0.15, 0.2) is 5.96 Å². The van der Waals surface area contributed by atoms with Crippen LogP contribution in [0.2, 0.25) is 0 Å². The van der Waals surface area contributed by atoms with Crippen LogP contribution >= 0.6 is 0 Å². The molecule has 0 unspecified atom stereocenters. The first-order valence-corrected chi connectivity index (χ1v) is 11.8. The SMILES string of the molecule is CCNC(=NCc1ccc(C)cc1OCC)NCCS(=O)(=O)NCc1ccccc1. The van der Waals surface area contributed by atoms with Gasteiger partial charge in [0, 0.05) is 25.2 Å². The van der Waals surface area contributed by atoms with E-state index in [0.29, 0.717) is 25.7 Å². The van der Waals surface area contributed by atoms with Crippen LogP contribution in [-0.2, 0) is 23.1 Å².